The summed E-state index contributed by atoms with van der Waals surface area (Å²) in [5, 5.41) is 12.3. The van der Waals surface area contributed by atoms with E-state index in [1.807, 2.05) is 12.1 Å². The Morgan fingerprint density at radius 2 is 1.95 bits per heavy atom. The molecule has 0 unspecified atom stereocenters. The van der Waals surface area contributed by atoms with Crippen LogP contribution in [0.4, 0.5) is 0 Å². The van der Waals surface area contributed by atoms with Crippen molar-refractivity contribution in [1.29, 1.82) is 0 Å². The van der Waals surface area contributed by atoms with E-state index < -0.39 is 16.8 Å². The number of halogens is 1. The minimum atomic E-state index is -1.07. The number of rotatable bonds is 7. The van der Waals surface area contributed by atoms with Gasteiger partial charge >= 0.3 is 5.97 Å². The maximum Gasteiger partial charge on any atom is 0.321 e. The van der Waals surface area contributed by atoms with Gasteiger partial charge in [-0.1, -0.05) is 23.7 Å². The molecule has 0 aliphatic heterocycles. The van der Waals surface area contributed by atoms with E-state index in [1.54, 1.807) is 26.0 Å². The number of carboxylic acids is 1. The van der Waals surface area contributed by atoms with Gasteiger partial charge < -0.3 is 16.2 Å². The maximum atomic E-state index is 11.8. The number of thioether (sulfide) groups is 1. The van der Waals surface area contributed by atoms with Crippen LogP contribution in [0, 0.1) is 0 Å². The zero-order valence-electron chi connectivity index (χ0n) is 11.9. The van der Waals surface area contributed by atoms with E-state index in [9.17, 15) is 9.59 Å². The van der Waals surface area contributed by atoms with Crippen LogP contribution in [0.15, 0.2) is 24.3 Å². The molecule has 116 valence electrons. The van der Waals surface area contributed by atoms with E-state index >= 15 is 0 Å². The van der Waals surface area contributed by atoms with Gasteiger partial charge in [-0.15, -0.1) is 11.8 Å². The molecule has 1 aromatic rings. The molecule has 0 aliphatic rings. The Balaban J connectivity index is 2.40. The van der Waals surface area contributed by atoms with Crippen LogP contribution >= 0.6 is 23.4 Å². The van der Waals surface area contributed by atoms with Gasteiger partial charge in [0, 0.05) is 16.3 Å². The highest BCUT2D eigenvalue weighted by molar-refractivity contribution is 8.01. The Morgan fingerprint density at radius 1 is 1.38 bits per heavy atom. The molecule has 0 bridgehead atoms. The van der Waals surface area contributed by atoms with Crippen LogP contribution in [0.3, 0.4) is 0 Å². The standard InChI is InChI=1S/C14H19ClN2O3S/c1-14(2,12(16)13(19)20)21-8-11(18)17-7-9-3-5-10(15)6-4-9/h3-6,12H,7-8,16H2,1-2H3,(H,17,18)(H,19,20)/t12-/m0/s1. The molecule has 0 fully saturated rings. The van der Waals surface area contributed by atoms with Crippen LogP contribution in [-0.4, -0.2) is 33.5 Å². The van der Waals surface area contributed by atoms with Gasteiger partial charge in [-0.25, -0.2) is 0 Å². The molecular weight excluding hydrogens is 312 g/mol. The molecule has 1 atom stereocenters. The van der Waals surface area contributed by atoms with E-state index in [0.717, 1.165) is 5.56 Å². The first-order valence-electron chi connectivity index (χ1n) is 6.36. The molecule has 4 N–H and O–H groups in total. The van der Waals surface area contributed by atoms with Crippen molar-refractivity contribution in [1.82, 2.24) is 5.32 Å². The van der Waals surface area contributed by atoms with Gasteiger partial charge in [0.25, 0.3) is 0 Å². The van der Waals surface area contributed by atoms with Crippen molar-refractivity contribution in [2.45, 2.75) is 31.2 Å². The van der Waals surface area contributed by atoms with E-state index in [-0.39, 0.29) is 11.7 Å². The first-order chi connectivity index (χ1) is 9.72. The van der Waals surface area contributed by atoms with Gasteiger partial charge in [-0.3, -0.25) is 9.59 Å². The summed E-state index contributed by atoms with van der Waals surface area (Å²) < 4.78 is -0.719. The zero-order valence-corrected chi connectivity index (χ0v) is 13.5. The van der Waals surface area contributed by atoms with Crippen LogP contribution < -0.4 is 11.1 Å². The fourth-order valence-electron chi connectivity index (χ4n) is 1.49. The summed E-state index contributed by atoms with van der Waals surface area (Å²) in [6.07, 6.45) is 0. The van der Waals surface area contributed by atoms with E-state index in [4.69, 9.17) is 22.4 Å². The van der Waals surface area contributed by atoms with Crippen molar-refractivity contribution in [3.05, 3.63) is 34.9 Å². The number of amides is 1. The van der Waals surface area contributed by atoms with Crippen molar-refractivity contribution in [3.63, 3.8) is 0 Å². The third-order valence-electron chi connectivity index (χ3n) is 2.99. The Morgan fingerprint density at radius 3 is 2.48 bits per heavy atom. The molecule has 21 heavy (non-hydrogen) atoms. The minimum absolute atomic E-state index is 0.154. The van der Waals surface area contributed by atoms with Crippen molar-refractivity contribution >= 4 is 35.2 Å². The van der Waals surface area contributed by atoms with Crippen molar-refractivity contribution in [3.8, 4) is 0 Å². The van der Waals surface area contributed by atoms with Gasteiger partial charge in [0.2, 0.25) is 5.91 Å². The van der Waals surface area contributed by atoms with Crippen LogP contribution in [0.1, 0.15) is 19.4 Å². The topological polar surface area (TPSA) is 92.4 Å². The Bertz CT molecular complexity index is 505. The number of aliphatic carboxylic acids is 1. The largest absolute Gasteiger partial charge is 0.480 e. The molecule has 0 saturated carbocycles. The van der Waals surface area contributed by atoms with E-state index in [0.29, 0.717) is 11.6 Å². The fraction of sp³-hybridized carbons (Fsp3) is 0.429. The molecule has 7 heteroatoms. The molecule has 0 aromatic heterocycles. The highest BCUT2D eigenvalue weighted by Crippen LogP contribution is 2.27. The second kappa shape index (κ2) is 7.68. The predicted molar refractivity (Wildman–Crippen MR) is 85.4 cm³/mol. The molecule has 0 saturated heterocycles. The summed E-state index contributed by atoms with van der Waals surface area (Å²) >= 11 is 7.00. The monoisotopic (exact) mass is 330 g/mol. The molecule has 1 amide bonds. The molecule has 0 spiro atoms. The van der Waals surface area contributed by atoms with Gasteiger partial charge in [-0.2, -0.15) is 0 Å². The predicted octanol–water partition coefficient (Wildman–Crippen LogP) is 1.88. The van der Waals surface area contributed by atoms with Crippen LogP contribution in [-0.2, 0) is 16.1 Å². The smallest absolute Gasteiger partial charge is 0.321 e. The highest BCUT2D eigenvalue weighted by atomic mass is 35.5. The third kappa shape index (κ3) is 5.95. The third-order valence-corrected chi connectivity index (χ3v) is 4.65. The molecule has 0 aliphatic carbocycles. The SMILES string of the molecule is CC(C)(SCC(=O)NCc1ccc(Cl)cc1)[C@@H](N)C(=O)O. The number of carboxylic acid groups (broad SMARTS) is 1. The molecule has 0 heterocycles. The number of nitrogens with two attached hydrogens (primary N) is 1. The first kappa shape index (κ1) is 17.8. The lowest BCUT2D eigenvalue weighted by Crippen LogP contribution is -2.47. The minimum Gasteiger partial charge on any atom is -0.480 e. The van der Waals surface area contributed by atoms with Gasteiger partial charge in [0.05, 0.1) is 5.75 Å². The molecule has 0 radical (unpaired) electrons. The summed E-state index contributed by atoms with van der Waals surface area (Å²) in [4.78, 5) is 22.7. The van der Waals surface area contributed by atoms with Crippen LogP contribution in [0.5, 0.6) is 0 Å². The second-order valence-corrected chi connectivity index (χ2v) is 7.18. The Hall–Kier alpha value is -1.24. The quantitative estimate of drug-likeness (QED) is 0.710. The average Bonchev–Trinajstić information content (AvgIpc) is 2.43. The number of nitrogens with one attached hydrogen (secondary N) is 1. The van der Waals surface area contributed by atoms with E-state index in [2.05, 4.69) is 5.32 Å². The lowest BCUT2D eigenvalue weighted by atomic mass is 10.1. The number of hydrogen-bond acceptors (Lipinski definition) is 4. The zero-order chi connectivity index (χ0) is 16.0. The van der Waals surface area contributed by atoms with E-state index in [1.165, 1.54) is 11.8 Å². The number of hydrogen-bond donors (Lipinski definition) is 3. The van der Waals surface area contributed by atoms with Gasteiger partial charge in [-0.05, 0) is 31.5 Å². The normalized spacial score (nSPS) is 12.8. The van der Waals surface area contributed by atoms with Gasteiger partial charge in [0.1, 0.15) is 6.04 Å². The lowest BCUT2D eigenvalue weighted by Gasteiger charge is -2.27. The lowest BCUT2D eigenvalue weighted by molar-refractivity contribution is -0.139. The van der Waals surface area contributed by atoms with Gasteiger partial charge in [0.15, 0.2) is 0 Å². The summed E-state index contributed by atoms with van der Waals surface area (Å²) in [7, 11) is 0. The second-order valence-electron chi connectivity index (χ2n) is 5.11. The molecule has 1 rings (SSSR count). The van der Waals surface area contributed by atoms with Crippen LogP contribution in [0.2, 0.25) is 5.02 Å². The van der Waals surface area contributed by atoms with Crippen LogP contribution in [0.25, 0.3) is 0 Å². The number of benzene rings is 1. The number of carbonyl (C=O) groups excluding carboxylic acids is 1. The molecule has 5 nitrogen and oxygen atoms in total. The van der Waals surface area contributed by atoms with Crippen molar-refractivity contribution in [2.24, 2.45) is 5.73 Å². The average molecular weight is 331 g/mol. The summed E-state index contributed by atoms with van der Waals surface area (Å²) in [6.45, 7) is 3.83. The van der Waals surface area contributed by atoms with Crippen molar-refractivity contribution < 1.29 is 14.7 Å². The summed E-state index contributed by atoms with van der Waals surface area (Å²) in [5.41, 5.74) is 6.54. The highest BCUT2D eigenvalue weighted by Gasteiger charge is 2.33. The Labute approximate surface area is 133 Å². The van der Waals surface area contributed by atoms with Crippen molar-refractivity contribution in [2.75, 3.05) is 5.75 Å². The fourth-order valence-corrected chi connectivity index (χ4v) is 2.50. The molecule has 1 aromatic carbocycles. The summed E-state index contributed by atoms with van der Waals surface area (Å²) in [5.74, 6) is -1.09. The maximum absolute atomic E-state index is 11.8. The Kier molecular flexibility index (Phi) is 6.51. The first-order valence-corrected chi connectivity index (χ1v) is 7.72. The molecular formula is C14H19ClN2O3S. The summed E-state index contributed by atoms with van der Waals surface area (Å²) in [6, 6.07) is 6.16. The number of carbonyl (C=O) groups is 2.